The number of amides is 1. The fourth-order valence-electron chi connectivity index (χ4n) is 2.11. The molecular formula is C15H23N3O3. The number of hydrogen-bond acceptors (Lipinski definition) is 5. The highest BCUT2D eigenvalue weighted by Crippen LogP contribution is 2.26. The van der Waals surface area contributed by atoms with Crippen LogP contribution in [0, 0.1) is 0 Å². The number of anilines is 1. The first-order valence-corrected chi connectivity index (χ1v) is 7.18. The number of nitrogens with two attached hydrogens (primary N) is 1. The third-order valence-electron chi connectivity index (χ3n) is 3.12. The molecule has 0 unspecified atom stereocenters. The van der Waals surface area contributed by atoms with E-state index in [4.69, 9.17) is 15.2 Å². The topological polar surface area (TPSA) is 77.7 Å². The second kappa shape index (κ2) is 5.79. The van der Waals surface area contributed by atoms with Crippen LogP contribution >= 0.6 is 0 Å². The Kier molecular flexibility index (Phi) is 4.25. The summed E-state index contributed by atoms with van der Waals surface area (Å²) in [6.07, 6.45) is 0.356. The molecule has 2 rings (SSSR count). The predicted octanol–water partition coefficient (Wildman–Crippen LogP) is 2.57. The molecule has 1 atom stereocenters. The number of fused-ring (bicyclic) bond motifs is 1. The van der Waals surface area contributed by atoms with Crippen molar-refractivity contribution >= 4 is 11.9 Å². The lowest BCUT2D eigenvalue weighted by Crippen LogP contribution is -2.40. The van der Waals surface area contributed by atoms with Crippen LogP contribution in [0.1, 0.15) is 39.8 Å². The van der Waals surface area contributed by atoms with Crippen LogP contribution in [0.15, 0.2) is 12.1 Å². The third kappa shape index (κ3) is 4.00. The molecule has 0 saturated carbocycles. The summed E-state index contributed by atoms with van der Waals surface area (Å²) >= 11 is 0. The Bertz CT molecular complexity index is 525. The van der Waals surface area contributed by atoms with Crippen molar-refractivity contribution in [3.05, 3.63) is 17.8 Å². The normalized spacial score (nSPS) is 18.5. The smallest absolute Gasteiger partial charge is 0.410 e. The predicted molar refractivity (Wildman–Crippen MR) is 80.0 cm³/mol. The maximum Gasteiger partial charge on any atom is 0.410 e. The van der Waals surface area contributed by atoms with Gasteiger partial charge in [-0.1, -0.05) is 6.92 Å². The van der Waals surface area contributed by atoms with E-state index in [1.54, 1.807) is 17.0 Å². The van der Waals surface area contributed by atoms with Gasteiger partial charge in [-0.2, -0.15) is 0 Å². The molecule has 1 aromatic rings. The van der Waals surface area contributed by atoms with E-state index in [9.17, 15) is 4.79 Å². The van der Waals surface area contributed by atoms with E-state index in [1.807, 2.05) is 27.7 Å². The highest BCUT2D eigenvalue weighted by atomic mass is 16.6. The fraction of sp³-hybridized carbons (Fsp3) is 0.600. The lowest BCUT2D eigenvalue weighted by molar-refractivity contribution is 0.0176. The highest BCUT2D eigenvalue weighted by molar-refractivity contribution is 5.68. The van der Waals surface area contributed by atoms with Crippen LogP contribution in [0.5, 0.6) is 5.75 Å². The van der Waals surface area contributed by atoms with E-state index >= 15 is 0 Å². The SMILES string of the molecule is CC[C@@H]1CN(C(=O)OC(C)(C)C)Cc2nc(N)ccc2O1. The van der Waals surface area contributed by atoms with Crippen molar-refractivity contribution in [3.63, 3.8) is 0 Å². The summed E-state index contributed by atoms with van der Waals surface area (Å²) in [6.45, 7) is 8.38. The molecule has 1 aliphatic heterocycles. The van der Waals surface area contributed by atoms with Crippen molar-refractivity contribution in [2.24, 2.45) is 0 Å². The average molecular weight is 293 g/mol. The Morgan fingerprint density at radius 2 is 2.24 bits per heavy atom. The van der Waals surface area contributed by atoms with E-state index < -0.39 is 5.60 Å². The summed E-state index contributed by atoms with van der Waals surface area (Å²) in [5.41, 5.74) is 5.86. The molecule has 1 aliphatic rings. The van der Waals surface area contributed by atoms with Gasteiger partial charge in [0.1, 0.15) is 29.0 Å². The molecule has 2 N–H and O–H groups in total. The lowest BCUT2D eigenvalue weighted by atomic mass is 10.2. The third-order valence-corrected chi connectivity index (χ3v) is 3.12. The Hall–Kier alpha value is -1.98. The van der Waals surface area contributed by atoms with Crippen LogP contribution in [-0.2, 0) is 11.3 Å². The van der Waals surface area contributed by atoms with Crippen molar-refractivity contribution in [2.75, 3.05) is 12.3 Å². The van der Waals surface area contributed by atoms with Crippen LogP contribution in [0.2, 0.25) is 0 Å². The Morgan fingerprint density at radius 3 is 2.86 bits per heavy atom. The molecule has 6 nitrogen and oxygen atoms in total. The molecule has 0 saturated heterocycles. The minimum absolute atomic E-state index is 0.0795. The van der Waals surface area contributed by atoms with Crippen LogP contribution < -0.4 is 10.5 Å². The highest BCUT2D eigenvalue weighted by Gasteiger charge is 2.29. The maximum atomic E-state index is 12.3. The molecule has 0 spiro atoms. The molecule has 0 fully saturated rings. The van der Waals surface area contributed by atoms with Crippen LogP contribution in [-0.4, -0.2) is 34.2 Å². The number of nitrogen functional groups attached to an aromatic ring is 1. The Balaban J connectivity index is 2.25. The molecule has 0 aliphatic carbocycles. The van der Waals surface area contributed by atoms with Gasteiger partial charge in [-0.05, 0) is 39.3 Å². The molecule has 6 heteroatoms. The van der Waals surface area contributed by atoms with Crippen molar-refractivity contribution in [3.8, 4) is 5.75 Å². The Morgan fingerprint density at radius 1 is 1.52 bits per heavy atom. The average Bonchev–Trinajstić information content (AvgIpc) is 2.55. The van der Waals surface area contributed by atoms with Gasteiger partial charge in [0.15, 0.2) is 0 Å². The summed E-state index contributed by atoms with van der Waals surface area (Å²) < 4.78 is 11.3. The molecule has 21 heavy (non-hydrogen) atoms. The Labute approximate surface area is 125 Å². The number of nitrogens with zero attached hydrogens (tertiary/aromatic N) is 2. The quantitative estimate of drug-likeness (QED) is 0.861. The fourth-order valence-corrected chi connectivity index (χ4v) is 2.11. The first kappa shape index (κ1) is 15.4. The largest absolute Gasteiger partial charge is 0.487 e. The van der Waals surface area contributed by atoms with E-state index in [0.717, 1.165) is 6.42 Å². The molecule has 0 aromatic carbocycles. The van der Waals surface area contributed by atoms with E-state index in [1.165, 1.54) is 0 Å². The molecule has 116 valence electrons. The summed E-state index contributed by atoms with van der Waals surface area (Å²) in [5.74, 6) is 1.10. The van der Waals surface area contributed by atoms with Gasteiger partial charge < -0.3 is 15.2 Å². The van der Waals surface area contributed by atoms with Gasteiger partial charge >= 0.3 is 6.09 Å². The van der Waals surface area contributed by atoms with Crippen LogP contribution in [0.25, 0.3) is 0 Å². The molecule has 2 heterocycles. The second-order valence-corrected chi connectivity index (χ2v) is 6.19. The number of hydrogen-bond donors (Lipinski definition) is 1. The van der Waals surface area contributed by atoms with Gasteiger partial charge in [0.05, 0.1) is 13.1 Å². The van der Waals surface area contributed by atoms with Crippen molar-refractivity contribution in [2.45, 2.75) is 52.4 Å². The van der Waals surface area contributed by atoms with Gasteiger partial charge in [-0.15, -0.1) is 0 Å². The molecule has 1 amide bonds. The summed E-state index contributed by atoms with van der Waals surface area (Å²) in [7, 11) is 0. The number of carbonyl (C=O) groups excluding carboxylic acids is 1. The van der Waals surface area contributed by atoms with E-state index in [2.05, 4.69) is 4.98 Å². The molecule has 1 aromatic heterocycles. The number of pyridine rings is 1. The number of rotatable bonds is 1. The minimum atomic E-state index is -0.530. The number of aromatic nitrogens is 1. The maximum absolute atomic E-state index is 12.3. The van der Waals surface area contributed by atoms with Crippen LogP contribution in [0.3, 0.4) is 0 Å². The van der Waals surface area contributed by atoms with E-state index in [0.29, 0.717) is 30.4 Å². The van der Waals surface area contributed by atoms with Crippen molar-refractivity contribution < 1.29 is 14.3 Å². The molecule has 0 radical (unpaired) electrons. The summed E-state index contributed by atoms with van der Waals surface area (Å²) in [5, 5.41) is 0. The number of carbonyl (C=O) groups is 1. The molecule has 0 bridgehead atoms. The zero-order chi connectivity index (χ0) is 15.6. The minimum Gasteiger partial charge on any atom is -0.487 e. The van der Waals surface area contributed by atoms with Crippen molar-refractivity contribution in [1.29, 1.82) is 0 Å². The second-order valence-electron chi connectivity index (χ2n) is 6.19. The van der Waals surface area contributed by atoms with E-state index in [-0.39, 0.29) is 12.2 Å². The van der Waals surface area contributed by atoms with Gasteiger partial charge in [-0.25, -0.2) is 9.78 Å². The zero-order valence-corrected chi connectivity index (χ0v) is 13.0. The van der Waals surface area contributed by atoms with Gasteiger partial charge in [0.25, 0.3) is 0 Å². The number of ether oxygens (including phenoxy) is 2. The summed E-state index contributed by atoms with van der Waals surface area (Å²) in [6, 6.07) is 3.51. The first-order valence-electron chi connectivity index (χ1n) is 7.18. The standard InChI is InChI=1S/C15H23N3O3/c1-5-10-8-18(14(19)21-15(2,3)4)9-11-12(20-10)6-7-13(16)17-11/h6-7,10H,5,8-9H2,1-4H3,(H2,16,17)/t10-/m1/s1. The zero-order valence-electron chi connectivity index (χ0n) is 13.0. The van der Waals surface area contributed by atoms with Crippen LogP contribution in [0.4, 0.5) is 10.6 Å². The lowest BCUT2D eigenvalue weighted by Gasteiger charge is -2.27. The van der Waals surface area contributed by atoms with Gasteiger partial charge in [0, 0.05) is 0 Å². The summed E-state index contributed by atoms with van der Waals surface area (Å²) in [4.78, 5) is 18.2. The van der Waals surface area contributed by atoms with Gasteiger partial charge in [-0.3, -0.25) is 4.90 Å². The van der Waals surface area contributed by atoms with Gasteiger partial charge in [0.2, 0.25) is 0 Å². The monoisotopic (exact) mass is 293 g/mol. The first-order chi connectivity index (χ1) is 9.78. The molecular weight excluding hydrogens is 270 g/mol. The van der Waals surface area contributed by atoms with Crippen molar-refractivity contribution in [1.82, 2.24) is 9.88 Å².